The molecule has 1 aromatic rings. The lowest BCUT2D eigenvalue weighted by atomic mass is 9.75. The molecular weight excluding hydrogens is 310 g/mol. The second-order valence-corrected chi connectivity index (χ2v) is 6.61. The fourth-order valence-electron chi connectivity index (χ4n) is 2.73. The van der Waals surface area contributed by atoms with Crippen molar-refractivity contribution < 1.29 is 0 Å². The average Bonchev–Trinajstić information content (AvgIpc) is 2.42. The number of nitrogens with one attached hydrogen (secondary N) is 1. The molecule has 0 amide bonds. The lowest BCUT2D eigenvalue weighted by Gasteiger charge is -2.35. The van der Waals surface area contributed by atoms with Gasteiger partial charge in [0.2, 0.25) is 0 Å². The monoisotopic (exact) mass is 329 g/mol. The predicted octanol–water partition coefficient (Wildman–Crippen LogP) is 4.73. The Morgan fingerprint density at radius 1 is 1.11 bits per heavy atom. The van der Waals surface area contributed by atoms with E-state index in [4.69, 9.17) is 11.6 Å². The third-order valence-corrected chi connectivity index (χ3v) is 5.04. The van der Waals surface area contributed by atoms with E-state index in [0.29, 0.717) is 5.41 Å². The van der Waals surface area contributed by atoms with Gasteiger partial charge in [0.1, 0.15) is 0 Å². The first kappa shape index (κ1) is 14.4. The quantitative estimate of drug-likeness (QED) is 0.770. The van der Waals surface area contributed by atoms with Gasteiger partial charge in [-0.2, -0.15) is 0 Å². The van der Waals surface area contributed by atoms with Crippen molar-refractivity contribution in [2.75, 3.05) is 12.4 Å². The summed E-state index contributed by atoms with van der Waals surface area (Å²) in [6.07, 6.45) is 6.62. The molecule has 0 aliphatic heterocycles. The standard InChI is InChI=1S/C15H21BrClN/c16-14-6-4-13(5-7-14)10-18-12-15(11-17)8-2-1-3-9-15/h4-7,18H,1-3,8-12H2. The molecule has 1 nitrogen and oxygen atoms in total. The van der Waals surface area contributed by atoms with Crippen LogP contribution in [0.15, 0.2) is 28.7 Å². The Kier molecular flexibility index (Phi) is 5.53. The zero-order valence-corrected chi connectivity index (χ0v) is 13.1. The van der Waals surface area contributed by atoms with Crippen molar-refractivity contribution in [2.45, 2.75) is 38.6 Å². The molecule has 0 atom stereocenters. The number of hydrogen-bond donors (Lipinski definition) is 1. The fraction of sp³-hybridized carbons (Fsp3) is 0.600. The van der Waals surface area contributed by atoms with E-state index >= 15 is 0 Å². The van der Waals surface area contributed by atoms with Crippen molar-refractivity contribution in [2.24, 2.45) is 5.41 Å². The van der Waals surface area contributed by atoms with Crippen molar-refractivity contribution in [3.05, 3.63) is 34.3 Å². The van der Waals surface area contributed by atoms with Crippen LogP contribution in [0.4, 0.5) is 0 Å². The summed E-state index contributed by atoms with van der Waals surface area (Å²) in [4.78, 5) is 0. The third kappa shape index (κ3) is 3.97. The first-order chi connectivity index (χ1) is 8.74. The van der Waals surface area contributed by atoms with Crippen LogP contribution in [0.3, 0.4) is 0 Å². The summed E-state index contributed by atoms with van der Waals surface area (Å²) in [6, 6.07) is 8.50. The highest BCUT2D eigenvalue weighted by Crippen LogP contribution is 2.36. The zero-order valence-electron chi connectivity index (χ0n) is 10.7. The van der Waals surface area contributed by atoms with E-state index in [-0.39, 0.29) is 0 Å². The molecule has 1 saturated carbocycles. The Hall–Kier alpha value is -0.0500. The van der Waals surface area contributed by atoms with Crippen LogP contribution >= 0.6 is 27.5 Å². The van der Waals surface area contributed by atoms with Crippen molar-refractivity contribution in [1.82, 2.24) is 5.32 Å². The molecule has 1 aromatic carbocycles. The average molecular weight is 331 g/mol. The van der Waals surface area contributed by atoms with Gasteiger partial charge in [0.25, 0.3) is 0 Å². The number of benzene rings is 1. The van der Waals surface area contributed by atoms with Crippen molar-refractivity contribution in [3.63, 3.8) is 0 Å². The van der Waals surface area contributed by atoms with Crippen LogP contribution in [0.1, 0.15) is 37.7 Å². The first-order valence-corrected chi connectivity index (χ1v) is 8.08. The predicted molar refractivity (Wildman–Crippen MR) is 82.1 cm³/mol. The lowest BCUT2D eigenvalue weighted by molar-refractivity contribution is 0.212. The van der Waals surface area contributed by atoms with Gasteiger partial charge in [0.05, 0.1) is 0 Å². The minimum Gasteiger partial charge on any atom is -0.312 e. The van der Waals surface area contributed by atoms with Crippen LogP contribution in [0.2, 0.25) is 0 Å². The Morgan fingerprint density at radius 3 is 2.39 bits per heavy atom. The maximum atomic E-state index is 6.19. The molecule has 2 rings (SSSR count). The van der Waals surface area contributed by atoms with E-state index in [9.17, 15) is 0 Å². The molecule has 0 aromatic heterocycles. The minimum absolute atomic E-state index is 0.342. The molecule has 0 bridgehead atoms. The van der Waals surface area contributed by atoms with E-state index in [1.54, 1.807) is 0 Å². The second-order valence-electron chi connectivity index (χ2n) is 5.42. The number of halogens is 2. The molecule has 0 saturated heterocycles. The summed E-state index contributed by atoms with van der Waals surface area (Å²) in [7, 11) is 0. The van der Waals surface area contributed by atoms with Crippen LogP contribution in [0, 0.1) is 5.41 Å². The van der Waals surface area contributed by atoms with Gasteiger partial charge in [-0.25, -0.2) is 0 Å². The summed E-state index contributed by atoms with van der Waals surface area (Å²) in [5.41, 5.74) is 1.67. The van der Waals surface area contributed by atoms with E-state index < -0.39 is 0 Å². The zero-order chi connectivity index (χ0) is 12.8. The van der Waals surface area contributed by atoms with Gasteiger partial charge in [-0.15, -0.1) is 11.6 Å². The third-order valence-electron chi connectivity index (χ3n) is 3.94. The van der Waals surface area contributed by atoms with E-state index in [1.165, 1.54) is 37.7 Å². The summed E-state index contributed by atoms with van der Waals surface area (Å²) in [5, 5.41) is 3.58. The molecule has 100 valence electrons. The van der Waals surface area contributed by atoms with Crippen molar-refractivity contribution in [1.29, 1.82) is 0 Å². The molecule has 0 radical (unpaired) electrons. The number of hydrogen-bond acceptors (Lipinski definition) is 1. The van der Waals surface area contributed by atoms with E-state index in [1.807, 2.05) is 0 Å². The number of rotatable bonds is 5. The molecule has 0 unspecified atom stereocenters. The smallest absolute Gasteiger partial charge is 0.0292 e. The maximum Gasteiger partial charge on any atom is 0.0292 e. The second kappa shape index (κ2) is 6.93. The van der Waals surface area contributed by atoms with Crippen LogP contribution in [-0.2, 0) is 6.54 Å². The topological polar surface area (TPSA) is 12.0 Å². The summed E-state index contributed by atoms with van der Waals surface area (Å²) < 4.78 is 1.13. The number of alkyl halides is 1. The Bertz CT molecular complexity index is 357. The van der Waals surface area contributed by atoms with Crippen molar-refractivity contribution in [3.8, 4) is 0 Å². The largest absolute Gasteiger partial charge is 0.312 e. The molecular formula is C15H21BrClN. The molecule has 3 heteroatoms. The molecule has 1 fully saturated rings. The first-order valence-electron chi connectivity index (χ1n) is 6.75. The van der Waals surface area contributed by atoms with Gasteiger partial charge in [0.15, 0.2) is 0 Å². The molecule has 0 spiro atoms. The SMILES string of the molecule is ClCC1(CNCc2ccc(Br)cc2)CCCCC1. The fourth-order valence-corrected chi connectivity index (χ4v) is 3.36. The maximum absolute atomic E-state index is 6.19. The van der Waals surface area contributed by atoms with Crippen LogP contribution in [-0.4, -0.2) is 12.4 Å². The van der Waals surface area contributed by atoms with Gasteiger partial charge in [-0.3, -0.25) is 0 Å². The van der Waals surface area contributed by atoms with Gasteiger partial charge in [-0.1, -0.05) is 47.3 Å². The van der Waals surface area contributed by atoms with Gasteiger partial charge in [0, 0.05) is 23.4 Å². The lowest BCUT2D eigenvalue weighted by Crippen LogP contribution is -2.37. The van der Waals surface area contributed by atoms with Gasteiger partial charge < -0.3 is 5.32 Å². The highest BCUT2D eigenvalue weighted by molar-refractivity contribution is 9.10. The highest BCUT2D eigenvalue weighted by atomic mass is 79.9. The summed E-state index contributed by atoms with van der Waals surface area (Å²) in [5.74, 6) is 0.792. The van der Waals surface area contributed by atoms with Crippen LogP contribution in [0.5, 0.6) is 0 Å². The van der Waals surface area contributed by atoms with Gasteiger partial charge in [-0.05, 0) is 36.0 Å². The normalized spacial score (nSPS) is 18.8. The molecule has 18 heavy (non-hydrogen) atoms. The molecule has 0 heterocycles. The summed E-state index contributed by atoms with van der Waals surface area (Å²) in [6.45, 7) is 1.98. The molecule has 1 aliphatic carbocycles. The Balaban J connectivity index is 1.81. The van der Waals surface area contributed by atoms with Gasteiger partial charge >= 0.3 is 0 Å². The molecule has 1 N–H and O–H groups in total. The minimum atomic E-state index is 0.342. The van der Waals surface area contributed by atoms with E-state index in [0.717, 1.165) is 23.4 Å². The highest BCUT2D eigenvalue weighted by Gasteiger charge is 2.30. The van der Waals surface area contributed by atoms with Crippen LogP contribution in [0.25, 0.3) is 0 Å². The van der Waals surface area contributed by atoms with Crippen LogP contribution < -0.4 is 5.32 Å². The Labute approximate surface area is 123 Å². The summed E-state index contributed by atoms with van der Waals surface area (Å²) >= 11 is 9.65. The Morgan fingerprint density at radius 2 is 1.78 bits per heavy atom. The van der Waals surface area contributed by atoms with E-state index in [2.05, 4.69) is 45.5 Å². The van der Waals surface area contributed by atoms with Crippen molar-refractivity contribution >= 4 is 27.5 Å². The molecule has 1 aliphatic rings.